The number of para-hydroxylation sites is 1. The van der Waals surface area contributed by atoms with E-state index in [4.69, 9.17) is 20.5 Å². The number of rotatable bonds is 5. The van der Waals surface area contributed by atoms with E-state index < -0.39 is 11.2 Å². The van der Waals surface area contributed by atoms with Gasteiger partial charge in [-0.25, -0.2) is 4.79 Å². The van der Waals surface area contributed by atoms with Crippen LogP contribution in [0, 0.1) is 0 Å². The van der Waals surface area contributed by atoms with Crippen LogP contribution in [-0.2, 0) is 13.1 Å². The molecule has 2 aromatic carbocycles. The molecule has 0 amide bonds. The molecule has 5 rings (SSSR count). The van der Waals surface area contributed by atoms with Crippen LogP contribution in [0.15, 0.2) is 85.5 Å². The van der Waals surface area contributed by atoms with E-state index in [1.807, 2.05) is 6.07 Å². The maximum atomic E-state index is 13.2. The lowest BCUT2D eigenvalue weighted by atomic mass is 10.2. The second kappa shape index (κ2) is 7.73. The third-order valence-corrected chi connectivity index (χ3v) is 5.23. The molecule has 154 valence electrons. The molecule has 0 aliphatic carbocycles. The van der Waals surface area contributed by atoms with Gasteiger partial charge in [-0.3, -0.25) is 13.9 Å². The first-order chi connectivity index (χ1) is 15.1. The average Bonchev–Trinajstić information content (AvgIpc) is 3.47. The Morgan fingerprint density at radius 1 is 0.903 bits per heavy atom. The molecule has 0 aliphatic heterocycles. The molecule has 0 fully saturated rings. The fourth-order valence-corrected chi connectivity index (χ4v) is 3.65. The van der Waals surface area contributed by atoms with Crippen molar-refractivity contribution in [3.63, 3.8) is 0 Å². The largest absolute Gasteiger partial charge is 0.467 e. The highest BCUT2D eigenvalue weighted by molar-refractivity contribution is 6.33. The molecule has 3 aromatic heterocycles. The minimum absolute atomic E-state index is 0.00473. The highest BCUT2D eigenvalue weighted by Gasteiger charge is 2.17. The van der Waals surface area contributed by atoms with Crippen molar-refractivity contribution in [2.24, 2.45) is 0 Å². The molecule has 0 N–H and O–H groups in total. The first-order valence-electron chi connectivity index (χ1n) is 9.44. The zero-order chi connectivity index (χ0) is 21.4. The van der Waals surface area contributed by atoms with Crippen molar-refractivity contribution < 1.29 is 8.94 Å². The zero-order valence-corrected chi connectivity index (χ0v) is 16.8. The quantitative estimate of drug-likeness (QED) is 0.419. The minimum atomic E-state index is -0.502. The summed E-state index contributed by atoms with van der Waals surface area (Å²) in [6, 6.07) is 17.4. The van der Waals surface area contributed by atoms with Gasteiger partial charge in [-0.2, -0.15) is 4.98 Å². The molecular weight excluding hydrogens is 420 g/mol. The van der Waals surface area contributed by atoms with Crippen LogP contribution in [0.3, 0.4) is 0 Å². The highest BCUT2D eigenvalue weighted by Crippen LogP contribution is 2.25. The number of aromatic nitrogens is 4. The van der Waals surface area contributed by atoms with Crippen molar-refractivity contribution in [3.05, 3.63) is 104 Å². The summed E-state index contributed by atoms with van der Waals surface area (Å²) >= 11 is 6.21. The molecule has 0 spiro atoms. The highest BCUT2D eigenvalue weighted by atomic mass is 35.5. The summed E-state index contributed by atoms with van der Waals surface area (Å²) < 4.78 is 13.3. The normalized spacial score (nSPS) is 11.3. The monoisotopic (exact) mass is 434 g/mol. The molecule has 0 radical (unpaired) electrons. The van der Waals surface area contributed by atoms with E-state index in [1.165, 1.54) is 10.8 Å². The summed E-state index contributed by atoms with van der Waals surface area (Å²) in [5, 5.41) is 4.88. The van der Waals surface area contributed by atoms with Gasteiger partial charge in [-0.15, -0.1) is 0 Å². The van der Waals surface area contributed by atoms with E-state index in [-0.39, 0.29) is 19.0 Å². The number of halogens is 1. The molecule has 0 atom stereocenters. The van der Waals surface area contributed by atoms with Gasteiger partial charge >= 0.3 is 5.69 Å². The third-order valence-electron chi connectivity index (χ3n) is 4.90. The molecular formula is C22H15ClN4O4. The Labute approximate surface area is 179 Å². The lowest BCUT2D eigenvalue weighted by Gasteiger charge is -2.12. The van der Waals surface area contributed by atoms with Crippen LogP contribution in [-0.4, -0.2) is 19.3 Å². The van der Waals surface area contributed by atoms with Crippen LogP contribution in [0.4, 0.5) is 0 Å². The van der Waals surface area contributed by atoms with Gasteiger partial charge in [0.2, 0.25) is 11.7 Å². The Morgan fingerprint density at radius 3 is 2.52 bits per heavy atom. The Balaban J connectivity index is 1.61. The molecule has 0 unspecified atom stereocenters. The summed E-state index contributed by atoms with van der Waals surface area (Å²) in [4.78, 5) is 30.6. The van der Waals surface area contributed by atoms with Gasteiger partial charge in [0.1, 0.15) is 12.3 Å². The molecule has 5 aromatic rings. The predicted octanol–water partition coefficient (Wildman–Crippen LogP) is 3.56. The van der Waals surface area contributed by atoms with Crippen LogP contribution in [0.25, 0.3) is 22.3 Å². The summed E-state index contributed by atoms with van der Waals surface area (Å²) in [7, 11) is 0. The van der Waals surface area contributed by atoms with Gasteiger partial charge in [-0.1, -0.05) is 41.0 Å². The maximum absolute atomic E-state index is 13.2. The van der Waals surface area contributed by atoms with Crippen molar-refractivity contribution in [2.45, 2.75) is 13.1 Å². The number of fused-ring (bicyclic) bond motifs is 1. The van der Waals surface area contributed by atoms with Crippen molar-refractivity contribution in [1.29, 1.82) is 0 Å². The SMILES string of the molecule is O=c1c2ccccc2n(Cc2nc(-c3ccccc3Cl)no2)c(=O)n1Cc1ccco1. The molecule has 0 saturated carbocycles. The molecule has 0 aliphatic rings. The van der Waals surface area contributed by atoms with Crippen molar-refractivity contribution >= 4 is 22.5 Å². The summed E-state index contributed by atoms with van der Waals surface area (Å²) in [6.07, 6.45) is 1.49. The van der Waals surface area contributed by atoms with Crippen LogP contribution in [0.1, 0.15) is 11.7 Å². The molecule has 3 heterocycles. The topological polar surface area (TPSA) is 96.1 Å². The van der Waals surface area contributed by atoms with E-state index in [9.17, 15) is 9.59 Å². The van der Waals surface area contributed by atoms with Gasteiger partial charge < -0.3 is 8.94 Å². The number of hydrogen-bond acceptors (Lipinski definition) is 6. The Bertz CT molecular complexity index is 1500. The van der Waals surface area contributed by atoms with E-state index >= 15 is 0 Å². The van der Waals surface area contributed by atoms with Gasteiger partial charge in [0.05, 0.1) is 28.7 Å². The molecule has 9 heteroatoms. The fraction of sp³-hybridized carbons (Fsp3) is 0.0909. The standard InChI is InChI=1S/C22H15ClN4O4/c23-17-9-3-1-7-15(17)20-24-19(31-25-20)13-26-18-10-4-2-8-16(18)21(28)27(22(26)29)12-14-6-5-11-30-14/h1-11H,12-13H2. The minimum Gasteiger partial charge on any atom is -0.467 e. The molecule has 31 heavy (non-hydrogen) atoms. The summed E-state index contributed by atoms with van der Waals surface area (Å²) in [5.74, 6) is 1.03. The fourth-order valence-electron chi connectivity index (χ4n) is 3.43. The third kappa shape index (κ3) is 3.47. The number of nitrogens with zero attached hydrogens (tertiary/aromatic N) is 4. The van der Waals surface area contributed by atoms with Gasteiger partial charge in [0.15, 0.2) is 0 Å². The molecule has 0 bridgehead atoms. The van der Waals surface area contributed by atoms with Crippen LogP contribution in [0.2, 0.25) is 5.02 Å². The number of furan rings is 1. The smallest absolute Gasteiger partial charge is 0.332 e. The number of hydrogen-bond donors (Lipinski definition) is 0. The summed E-state index contributed by atoms with van der Waals surface area (Å²) in [5.41, 5.74) is 0.206. The Hall–Kier alpha value is -3.91. The number of benzene rings is 2. The predicted molar refractivity (Wildman–Crippen MR) is 114 cm³/mol. The first-order valence-corrected chi connectivity index (χ1v) is 9.82. The van der Waals surface area contributed by atoms with E-state index in [0.717, 1.165) is 4.57 Å². The lowest BCUT2D eigenvalue weighted by molar-refractivity contribution is 0.369. The van der Waals surface area contributed by atoms with E-state index in [1.54, 1.807) is 54.6 Å². The van der Waals surface area contributed by atoms with Crippen molar-refractivity contribution in [2.75, 3.05) is 0 Å². The van der Waals surface area contributed by atoms with Gasteiger partial charge in [0, 0.05) is 5.56 Å². The van der Waals surface area contributed by atoms with Crippen molar-refractivity contribution in [1.82, 2.24) is 19.3 Å². The lowest BCUT2D eigenvalue weighted by Crippen LogP contribution is -2.40. The molecule has 8 nitrogen and oxygen atoms in total. The zero-order valence-electron chi connectivity index (χ0n) is 16.1. The second-order valence-corrected chi connectivity index (χ2v) is 7.26. The van der Waals surface area contributed by atoms with Crippen LogP contribution in [0.5, 0.6) is 0 Å². The maximum Gasteiger partial charge on any atom is 0.332 e. The second-order valence-electron chi connectivity index (χ2n) is 6.85. The van der Waals surface area contributed by atoms with Crippen molar-refractivity contribution in [3.8, 4) is 11.4 Å². The summed E-state index contributed by atoms with van der Waals surface area (Å²) in [6.45, 7) is 0.0133. The molecule has 0 saturated heterocycles. The van der Waals surface area contributed by atoms with Crippen LogP contribution >= 0.6 is 11.6 Å². The average molecular weight is 435 g/mol. The van der Waals surface area contributed by atoms with Gasteiger partial charge in [-0.05, 0) is 36.4 Å². The van der Waals surface area contributed by atoms with Gasteiger partial charge in [0.25, 0.3) is 5.56 Å². The van der Waals surface area contributed by atoms with Crippen LogP contribution < -0.4 is 11.2 Å². The Kier molecular flexibility index (Phi) is 4.76. The van der Waals surface area contributed by atoms with E-state index in [2.05, 4.69) is 10.1 Å². The first kappa shape index (κ1) is 19.1. The Morgan fingerprint density at radius 2 is 1.71 bits per heavy atom. The van der Waals surface area contributed by atoms with E-state index in [0.29, 0.717) is 33.1 Å².